The van der Waals surface area contributed by atoms with Crippen molar-refractivity contribution >= 4 is 46.0 Å². The van der Waals surface area contributed by atoms with Gasteiger partial charge in [-0.3, -0.25) is 19.2 Å². The van der Waals surface area contributed by atoms with E-state index in [-0.39, 0.29) is 67.6 Å². The Kier molecular flexibility index (Phi) is 22.8. The molecule has 3 aromatic rings. The molecule has 0 aliphatic carbocycles. The summed E-state index contributed by atoms with van der Waals surface area (Å²) in [6, 6.07) is 18.6. The fourth-order valence-electron chi connectivity index (χ4n) is 6.80. The van der Waals surface area contributed by atoms with E-state index in [1.165, 1.54) is 0 Å². The zero-order chi connectivity index (χ0) is 44.7. The first-order chi connectivity index (χ1) is 29.1. The molecular formula is C48H69N3O9S. The number of benzene rings is 2. The van der Waals surface area contributed by atoms with E-state index in [9.17, 15) is 19.2 Å². The van der Waals surface area contributed by atoms with E-state index in [0.717, 1.165) is 22.2 Å². The highest BCUT2D eigenvalue weighted by Crippen LogP contribution is 2.28. The molecule has 0 saturated carbocycles. The maximum atomic E-state index is 14.5. The Morgan fingerprint density at radius 2 is 1.46 bits per heavy atom. The van der Waals surface area contributed by atoms with Gasteiger partial charge in [-0.15, -0.1) is 12.3 Å². The summed E-state index contributed by atoms with van der Waals surface area (Å²) in [7, 11) is 0. The highest BCUT2D eigenvalue weighted by molar-refractivity contribution is 8.00. The molecule has 1 aromatic heterocycles. The molecule has 0 aliphatic heterocycles. The van der Waals surface area contributed by atoms with E-state index in [2.05, 4.69) is 21.5 Å². The largest absolute Gasteiger partial charge is 0.379 e. The minimum atomic E-state index is -0.985. The molecule has 12 nitrogen and oxygen atoms in total. The number of aromatic amines is 1. The number of fused-ring (bicyclic) bond motifs is 1. The molecule has 0 saturated heterocycles. The molecule has 0 spiro atoms. The van der Waals surface area contributed by atoms with Crippen LogP contribution in [0.25, 0.3) is 10.9 Å². The minimum absolute atomic E-state index is 0.0411. The topological polar surface area (TPSA) is 154 Å². The Morgan fingerprint density at radius 1 is 0.820 bits per heavy atom. The maximum absolute atomic E-state index is 14.5. The van der Waals surface area contributed by atoms with Crippen LogP contribution in [0.4, 0.5) is 0 Å². The third kappa shape index (κ3) is 19.7. The quantitative estimate of drug-likeness (QED) is 0.0355. The molecule has 0 bridgehead atoms. The lowest BCUT2D eigenvalue weighted by Gasteiger charge is -2.36. The molecule has 0 radical (unpaired) electrons. The number of Topliss-reactive ketones (excluding diaryl/α,β-unsaturated/α-hetero) is 2. The number of amides is 2. The number of rotatable bonds is 31. The molecule has 61 heavy (non-hydrogen) atoms. The fourth-order valence-corrected chi connectivity index (χ4v) is 7.74. The summed E-state index contributed by atoms with van der Waals surface area (Å²) in [6.45, 7) is 16.2. The SMILES string of the molecule is C#CCCC(=O)[C@H](Cc1ccccc1)C(C)(C)NC(=O)[C@@H](CC(=O)[C@H](CSC(C)(C)C)NC(=O)COCCOCCOCCC(OCC)OCC)Cc1cc2ccccc2[nH]1. The van der Waals surface area contributed by atoms with E-state index in [1.54, 1.807) is 11.8 Å². The number of para-hydroxylation sites is 1. The molecule has 3 rings (SSSR count). The van der Waals surface area contributed by atoms with Crippen LogP contribution in [0, 0.1) is 24.2 Å². The number of H-pyrrole nitrogens is 1. The van der Waals surface area contributed by atoms with E-state index < -0.39 is 29.3 Å². The molecule has 336 valence electrons. The van der Waals surface area contributed by atoms with Crippen molar-refractivity contribution in [2.24, 2.45) is 11.8 Å². The number of carbonyl (C=O) groups is 4. The van der Waals surface area contributed by atoms with Gasteiger partial charge in [0.1, 0.15) is 12.4 Å². The zero-order valence-electron chi connectivity index (χ0n) is 37.3. The van der Waals surface area contributed by atoms with Crippen molar-refractivity contribution < 1.29 is 42.9 Å². The van der Waals surface area contributed by atoms with Crippen molar-refractivity contribution in [2.75, 3.05) is 58.6 Å². The number of carbonyl (C=O) groups excluding carboxylic acids is 4. The monoisotopic (exact) mass is 863 g/mol. The Labute approximate surface area is 367 Å². The summed E-state index contributed by atoms with van der Waals surface area (Å²) in [6.07, 6.45) is 6.86. The van der Waals surface area contributed by atoms with Crippen LogP contribution in [0.15, 0.2) is 60.7 Å². The van der Waals surface area contributed by atoms with Gasteiger partial charge in [0.2, 0.25) is 11.8 Å². The second-order valence-electron chi connectivity index (χ2n) is 16.5. The van der Waals surface area contributed by atoms with Gasteiger partial charge in [-0.1, -0.05) is 69.3 Å². The third-order valence-electron chi connectivity index (χ3n) is 9.96. The molecule has 2 aromatic carbocycles. The molecule has 0 aliphatic rings. The Morgan fingerprint density at radius 3 is 2.10 bits per heavy atom. The van der Waals surface area contributed by atoms with Crippen molar-refractivity contribution in [1.29, 1.82) is 0 Å². The molecule has 1 heterocycles. The summed E-state index contributed by atoms with van der Waals surface area (Å²) in [5.74, 6) is 0.362. The highest BCUT2D eigenvalue weighted by atomic mass is 32.2. The third-order valence-corrected chi connectivity index (χ3v) is 11.3. The fraction of sp³-hybridized carbons (Fsp3) is 0.583. The average molecular weight is 864 g/mol. The summed E-state index contributed by atoms with van der Waals surface area (Å²) in [4.78, 5) is 59.0. The normalized spacial score (nSPS) is 13.4. The van der Waals surface area contributed by atoms with Gasteiger partial charge in [-0.05, 0) is 63.6 Å². The van der Waals surface area contributed by atoms with Gasteiger partial charge in [0, 0.05) is 72.1 Å². The predicted octanol–water partition coefficient (Wildman–Crippen LogP) is 6.88. The number of ether oxygens (including phenoxy) is 5. The molecular weight excluding hydrogens is 795 g/mol. The minimum Gasteiger partial charge on any atom is -0.379 e. The van der Waals surface area contributed by atoms with Crippen LogP contribution in [-0.2, 0) is 55.7 Å². The van der Waals surface area contributed by atoms with Crippen LogP contribution in [-0.4, -0.2) is 110 Å². The van der Waals surface area contributed by atoms with E-state index in [4.69, 9.17) is 30.1 Å². The second-order valence-corrected chi connectivity index (χ2v) is 18.4. The van der Waals surface area contributed by atoms with Crippen LogP contribution >= 0.6 is 11.8 Å². The summed E-state index contributed by atoms with van der Waals surface area (Å²) < 4.78 is 27.6. The van der Waals surface area contributed by atoms with Crippen LogP contribution in [0.5, 0.6) is 0 Å². The van der Waals surface area contributed by atoms with E-state index >= 15 is 0 Å². The van der Waals surface area contributed by atoms with Crippen molar-refractivity contribution in [3.8, 4) is 12.3 Å². The van der Waals surface area contributed by atoms with Gasteiger partial charge in [-0.25, -0.2) is 0 Å². The van der Waals surface area contributed by atoms with Crippen molar-refractivity contribution in [1.82, 2.24) is 15.6 Å². The van der Waals surface area contributed by atoms with E-state index in [0.29, 0.717) is 58.0 Å². The first-order valence-corrected chi connectivity index (χ1v) is 22.4. The van der Waals surface area contributed by atoms with Crippen molar-refractivity contribution in [3.63, 3.8) is 0 Å². The average Bonchev–Trinajstić information content (AvgIpc) is 3.63. The standard InChI is InChI=1S/C48H69N3O9S/c1-9-12-22-42(52)39(29-35-18-14-13-15-19-35)48(7,8)51-46(55)37(31-38-30-36-20-16-17-21-40(36)49-38)32-43(53)41(34-61-47(4,5)6)50-44(54)33-58-28-27-57-26-25-56-24-23-45(59-10-2)60-11-3/h1,13-21,30,37,39,41,45,49H,10-12,22-29,31-34H2,2-8H3,(H,50,54)(H,51,55)/t37-,39+,41+/m1/s1. The van der Waals surface area contributed by atoms with E-state index in [1.807, 2.05) is 109 Å². The van der Waals surface area contributed by atoms with Crippen LogP contribution in [0.3, 0.4) is 0 Å². The molecule has 13 heteroatoms. The van der Waals surface area contributed by atoms with Gasteiger partial charge in [-0.2, -0.15) is 11.8 Å². The zero-order valence-corrected chi connectivity index (χ0v) is 38.2. The van der Waals surface area contributed by atoms with Gasteiger partial charge in [0.05, 0.1) is 45.0 Å². The first-order valence-electron chi connectivity index (χ1n) is 21.5. The van der Waals surface area contributed by atoms with Gasteiger partial charge in [0.25, 0.3) is 0 Å². The summed E-state index contributed by atoms with van der Waals surface area (Å²) >= 11 is 1.55. The van der Waals surface area contributed by atoms with Crippen LogP contribution in [0.2, 0.25) is 0 Å². The lowest BCUT2D eigenvalue weighted by Crippen LogP contribution is -2.54. The molecule has 2 amide bonds. The molecule has 3 atom stereocenters. The second kappa shape index (κ2) is 27.1. The maximum Gasteiger partial charge on any atom is 0.246 e. The van der Waals surface area contributed by atoms with Crippen molar-refractivity contribution in [3.05, 3.63) is 71.9 Å². The van der Waals surface area contributed by atoms with Crippen LogP contribution in [0.1, 0.15) is 85.4 Å². The predicted molar refractivity (Wildman–Crippen MR) is 242 cm³/mol. The molecule has 0 unspecified atom stereocenters. The number of terminal acetylenes is 1. The molecule has 3 N–H and O–H groups in total. The Bertz CT molecular complexity index is 1780. The Balaban J connectivity index is 1.69. The number of aromatic nitrogens is 1. The smallest absolute Gasteiger partial charge is 0.246 e. The van der Waals surface area contributed by atoms with Gasteiger partial charge in [0.15, 0.2) is 12.1 Å². The number of hydrogen-bond donors (Lipinski definition) is 3. The Hall–Kier alpha value is -4.03. The summed E-state index contributed by atoms with van der Waals surface area (Å²) in [5.41, 5.74) is 1.69. The van der Waals surface area contributed by atoms with Gasteiger partial charge < -0.3 is 39.3 Å². The number of thioether (sulfide) groups is 1. The van der Waals surface area contributed by atoms with Gasteiger partial charge >= 0.3 is 0 Å². The van der Waals surface area contributed by atoms with Crippen molar-refractivity contribution in [2.45, 2.75) is 110 Å². The number of hydrogen-bond acceptors (Lipinski definition) is 10. The lowest BCUT2D eigenvalue weighted by molar-refractivity contribution is -0.147. The van der Waals surface area contributed by atoms with Crippen LogP contribution < -0.4 is 10.6 Å². The first kappa shape index (κ1) is 51.3. The number of ketones is 2. The number of nitrogens with one attached hydrogen (secondary N) is 3. The summed E-state index contributed by atoms with van der Waals surface area (Å²) in [5, 5.41) is 7.05. The molecule has 0 fully saturated rings. The lowest BCUT2D eigenvalue weighted by atomic mass is 9.78. The highest BCUT2D eigenvalue weighted by Gasteiger charge is 2.38.